The standard InChI is InChI=1S/C13H26N4O3.2C7H8.C2H6/c1-9(2)11(17-7-3-5-16-13(17)20)12(19)15-6-4-10(18)8-14;2*1-7-5-3-2-4-6-7;1-2/h9-11,18H,3-8,14H2,1-2H3,(H,15,19)(H,16,20);2*2-6H,1H3;1-2H3. The molecule has 0 radical (unpaired) electrons. The van der Waals surface area contributed by atoms with Crippen LogP contribution in [0.3, 0.4) is 0 Å². The highest BCUT2D eigenvalue weighted by Crippen LogP contribution is 2.14. The molecule has 3 amide bonds. The van der Waals surface area contributed by atoms with E-state index in [0.29, 0.717) is 26.1 Å². The zero-order valence-electron chi connectivity index (χ0n) is 23.0. The molecule has 36 heavy (non-hydrogen) atoms. The lowest BCUT2D eigenvalue weighted by Crippen LogP contribution is -2.58. The minimum Gasteiger partial charge on any atom is -0.392 e. The lowest BCUT2D eigenvalue weighted by atomic mass is 10.0. The molecule has 0 spiro atoms. The fourth-order valence-corrected chi connectivity index (χ4v) is 3.37. The normalized spacial score (nSPS) is 13.9. The first kappa shape index (κ1) is 33.1. The van der Waals surface area contributed by atoms with Crippen molar-refractivity contribution in [3.8, 4) is 0 Å². The maximum Gasteiger partial charge on any atom is 0.318 e. The predicted molar refractivity (Wildman–Crippen MR) is 150 cm³/mol. The highest BCUT2D eigenvalue weighted by molar-refractivity contribution is 5.87. The maximum absolute atomic E-state index is 12.3. The number of hydrogen-bond acceptors (Lipinski definition) is 4. The maximum atomic E-state index is 12.3. The van der Waals surface area contributed by atoms with Gasteiger partial charge in [0.05, 0.1) is 6.10 Å². The first-order valence-electron chi connectivity index (χ1n) is 13.0. The number of nitrogens with two attached hydrogens (primary N) is 1. The van der Waals surface area contributed by atoms with Gasteiger partial charge >= 0.3 is 6.03 Å². The zero-order chi connectivity index (χ0) is 27.3. The van der Waals surface area contributed by atoms with Gasteiger partial charge < -0.3 is 26.4 Å². The van der Waals surface area contributed by atoms with E-state index in [4.69, 9.17) is 5.73 Å². The summed E-state index contributed by atoms with van der Waals surface area (Å²) in [6, 6.07) is 19.9. The fourth-order valence-electron chi connectivity index (χ4n) is 3.37. The van der Waals surface area contributed by atoms with Crippen LogP contribution in [0.5, 0.6) is 0 Å². The molecule has 1 aliphatic heterocycles. The second-order valence-corrected chi connectivity index (χ2v) is 8.75. The lowest BCUT2D eigenvalue weighted by molar-refractivity contribution is -0.127. The van der Waals surface area contributed by atoms with E-state index < -0.39 is 12.1 Å². The van der Waals surface area contributed by atoms with E-state index >= 15 is 0 Å². The minimum absolute atomic E-state index is 0.0262. The molecule has 5 N–H and O–H groups in total. The number of carbonyl (C=O) groups excluding carboxylic acids is 2. The van der Waals surface area contributed by atoms with Gasteiger partial charge in [0.1, 0.15) is 6.04 Å². The van der Waals surface area contributed by atoms with Gasteiger partial charge in [0.15, 0.2) is 0 Å². The molecule has 7 heteroatoms. The Hall–Kier alpha value is -2.90. The molecule has 3 rings (SSSR count). The Morgan fingerprint density at radius 1 is 1.03 bits per heavy atom. The summed E-state index contributed by atoms with van der Waals surface area (Å²) in [4.78, 5) is 25.7. The molecule has 0 bridgehead atoms. The number of nitrogens with zero attached hydrogens (tertiary/aromatic N) is 1. The lowest BCUT2D eigenvalue weighted by Gasteiger charge is -2.36. The van der Waals surface area contributed by atoms with E-state index in [-0.39, 0.29) is 24.4 Å². The van der Waals surface area contributed by atoms with Crippen LogP contribution in [0.25, 0.3) is 0 Å². The molecule has 202 valence electrons. The number of amides is 3. The number of aliphatic hydroxyl groups is 1. The molecule has 1 aliphatic rings. The van der Waals surface area contributed by atoms with Gasteiger partial charge in [-0.25, -0.2) is 4.79 Å². The van der Waals surface area contributed by atoms with Gasteiger partial charge in [-0.3, -0.25) is 4.79 Å². The van der Waals surface area contributed by atoms with Crippen LogP contribution in [0.15, 0.2) is 60.7 Å². The Labute approximate surface area is 218 Å². The number of aliphatic hydroxyl groups excluding tert-OH is 1. The molecule has 2 unspecified atom stereocenters. The largest absolute Gasteiger partial charge is 0.392 e. The van der Waals surface area contributed by atoms with Crippen molar-refractivity contribution in [1.29, 1.82) is 0 Å². The Bertz CT molecular complexity index is 778. The van der Waals surface area contributed by atoms with Crippen LogP contribution in [-0.2, 0) is 4.79 Å². The molecule has 7 nitrogen and oxygen atoms in total. The Balaban J connectivity index is 0.000000617. The number of carbonyl (C=O) groups is 2. The average Bonchev–Trinajstić information content (AvgIpc) is 2.88. The summed E-state index contributed by atoms with van der Waals surface area (Å²) >= 11 is 0. The highest BCUT2D eigenvalue weighted by atomic mass is 16.3. The predicted octanol–water partition coefficient (Wildman–Crippen LogP) is 4.27. The SMILES string of the molecule is CC.CC(C)C(C(=O)NCCC(O)CN)N1CCCNC1=O.Cc1ccccc1.Cc1ccccc1. The van der Waals surface area contributed by atoms with E-state index in [2.05, 4.69) is 48.7 Å². The van der Waals surface area contributed by atoms with Crippen LogP contribution < -0.4 is 16.4 Å². The van der Waals surface area contributed by atoms with Gasteiger partial charge in [0, 0.05) is 26.2 Å². The molecule has 2 aromatic carbocycles. The van der Waals surface area contributed by atoms with Gasteiger partial charge in [-0.05, 0) is 32.6 Å². The smallest absolute Gasteiger partial charge is 0.318 e. The van der Waals surface area contributed by atoms with E-state index in [1.54, 1.807) is 4.90 Å². The monoisotopic (exact) mass is 500 g/mol. The molecule has 1 saturated heterocycles. The molecule has 2 aromatic rings. The Morgan fingerprint density at radius 2 is 1.53 bits per heavy atom. The van der Waals surface area contributed by atoms with Gasteiger partial charge in [-0.2, -0.15) is 0 Å². The van der Waals surface area contributed by atoms with Crippen molar-refractivity contribution in [2.24, 2.45) is 11.7 Å². The molecule has 0 aromatic heterocycles. The number of rotatable bonds is 7. The summed E-state index contributed by atoms with van der Waals surface area (Å²) in [5.74, 6) is -0.153. The van der Waals surface area contributed by atoms with Crippen molar-refractivity contribution in [1.82, 2.24) is 15.5 Å². The summed E-state index contributed by atoms with van der Waals surface area (Å²) in [5, 5.41) is 14.9. The van der Waals surface area contributed by atoms with Gasteiger partial charge in [-0.15, -0.1) is 0 Å². The van der Waals surface area contributed by atoms with Crippen molar-refractivity contribution < 1.29 is 14.7 Å². The Kier molecular flexibility index (Phi) is 18.7. The second-order valence-electron chi connectivity index (χ2n) is 8.75. The van der Waals surface area contributed by atoms with E-state index in [1.807, 2.05) is 64.1 Å². The van der Waals surface area contributed by atoms with Gasteiger partial charge in [-0.1, -0.05) is 99.5 Å². The van der Waals surface area contributed by atoms with Crippen molar-refractivity contribution in [2.45, 2.75) is 66.5 Å². The molecule has 0 aliphatic carbocycles. The number of benzene rings is 2. The minimum atomic E-state index is -0.605. The number of aryl methyl sites for hydroxylation is 2. The second kappa shape index (κ2) is 20.3. The van der Waals surface area contributed by atoms with E-state index in [9.17, 15) is 14.7 Å². The summed E-state index contributed by atoms with van der Waals surface area (Å²) in [5.41, 5.74) is 7.95. The third kappa shape index (κ3) is 14.5. The molecule has 1 fully saturated rings. The molecular formula is C29H48N4O3. The zero-order valence-corrected chi connectivity index (χ0v) is 23.0. The van der Waals surface area contributed by atoms with Crippen molar-refractivity contribution in [3.63, 3.8) is 0 Å². The van der Waals surface area contributed by atoms with Crippen LogP contribution in [0.2, 0.25) is 0 Å². The van der Waals surface area contributed by atoms with Crippen LogP contribution >= 0.6 is 0 Å². The van der Waals surface area contributed by atoms with Gasteiger partial charge in [0.2, 0.25) is 5.91 Å². The summed E-state index contributed by atoms with van der Waals surface area (Å²) in [7, 11) is 0. The molecular weight excluding hydrogens is 452 g/mol. The fraction of sp³-hybridized carbons (Fsp3) is 0.517. The first-order valence-corrected chi connectivity index (χ1v) is 13.0. The summed E-state index contributed by atoms with van der Waals surface area (Å²) in [6.45, 7) is 13.8. The van der Waals surface area contributed by atoms with Crippen LogP contribution in [0.4, 0.5) is 4.79 Å². The highest BCUT2D eigenvalue weighted by Gasteiger charge is 2.33. The first-order chi connectivity index (χ1) is 17.3. The van der Waals surface area contributed by atoms with Crippen molar-refractivity contribution >= 4 is 11.9 Å². The van der Waals surface area contributed by atoms with Crippen molar-refractivity contribution in [2.75, 3.05) is 26.2 Å². The quantitative estimate of drug-likeness (QED) is 0.455. The van der Waals surface area contributed by atoms with Gasteiger partial charge in [0.25, 0.3) is 0 Å². The topological polar surface area (TPSA) is 108 Å². The van der Waals surface area contributed by atoms with Crippen molar-refractivity contribution in [3.05, 3.63) is 71.8 Å². The van der Waals surface area contributed by atoms with Crippen LogP contribution in [-0.4, -0.2) is 60.3 Å². The number of urea groups is 1. The third-order valence-corrected chi connectivity index (χ3v) is 5.28. The molecule has 0 saturated carbocycles. The molecule has 2 atom stereocenters. The number of nitrogens with one attached hydrogen (secondary N) is 2. The third-order valence-electron chi connectivity index (χ3n) is 5.28. The van der Waals surface area contributed by atoms with Crippen LogP contribution in [0, 0.1) is 19.8 Å². The van der Waals surface area contributed by atoms with Crippen LogP contribution in [0.1, 0.15) is 51.7 Å². The van der Waals surface area contributed by atoms with E-state index in [0.717, 1.165) is 6.42 Å². The Morgan fingerprint density at radius 3 is 1.89 bits per heavy atom. The average molecular weight is 501 g/mol. The molecule has 1 heterocycles. The summed E-state index contributed by atoms with van der Waals surface area (Å²) < 4.78 is 0. The summed E-state index contributed by atoms with van der Waals surface area (Å²) in [6.07, 6.45) is 0.652. The van der Waals surface area contributed by atoms with E-state index in [1.165, 1.54) is 11.1 Å². The number of hydrogen-bond donors (Lipinski definition) is 4.